The Labute approximate surface area is 102 Å². The second-order valence-electron chi connectivity index (χ2n) is 3.13. The minimum absolute atomic E-state index is 0.771. The summed E-state index contributed by atoms with van der Waals surface area (Å²) in [5.41, 5.74) is 0. The van der Waals surface area contributed by atoms with Gasteiger partial charge >= 0.3 is 0 Å². The highest BCUT2D eigenvalue weighted by Crippen LogP contribution is 2.19. The minimum atomic E-state index is 0.771. The van der Waals surface area contributed by atoms with Crippen LogP contribution in [0.3, 0.4) is 0 Å². The summed E-state index contributed by atoms with van der Waals surface area (Å²) in [6, 6.07) is 0. The first kappa shape index (κ1) is 14.7. The van der Waals surface area contributed by atoms with Gasteiger partial charge in [-0.3, -0.25) is 0 Å². The summed E-state index contributed by atoms with van der Waals surface area (Å²) in [6.45, 7) is 6.86. The van der Waals surface area contributed by atoms with Crippen LogP contribution in [0.5, 0.6) is 0 Å². The predicted molar refractivity (Wildman–Crippen MR) is 71.0 cm³/mol. The highest BCUT2D eigenvalue weighted by molar-refractivity contribution is 8.24. The van der Waals surface area contributed by atoms with Crippen molar-refractivity contribution in [3.63, 3.8) is 0 Å². The molecule has 0 aliphatic heterocycles. The highest BCUT2D eigenvalue weighted by Gasteiger charge is 1.92. The molecule has 0 unspecified atom stereocenters. The van der Waals surface area contributed by atoms with Crippen LogP contribution in [0.2, 0.25) is 0 Å². The van der Waals surface area contributed by atoms with Crippen molar-refractivity contribution in [3.8, 4) is 0 Å². The minimum Gasteiger partial charge on any atom is -0.494 e. The van der Waals surface area contributed by atoms with Gasteiger partial charge in [-0.1, -0.05) is 19.4 Å². The summed E-state index contributed by atoms with van der Waals surface area (Å²) in [4.78, 5) is 1.05. The number of ether oxygens (including phenoxy) is 1. The summed E-state index contributed by atoms with van der Waals surface area (Å²) < 4.78 is 5.60. The maximum Gasteiger partial charge on any atom is 0.118 e. The van der Waals surface area contributed by atoms with E-state index in [1.807, 2.05) is 38.2 Å². The first-order valence-corrected chi connectivity index (χ1v) is 6.81. The first-order chi connectivity index (χ1) is 7.24. The predicted octanol–water partition coefficient (Wildman–Crippen LogP) is 5.05. The Balaban J connectivity index is 4.25. The lowest BCUT2D eigenvalue weighted by molar-refractivity contribution is 0.219. The van der Waals surface area contributed by atoms with Crippen molar-refractivity contribution in [2.45, 2.75) is 33.6 Å². The van der Waals surface area contributed by atoms with Crippen molar-refractivity contribution in [1.29, 1.82) is 0 Å². The summed E-state index contributed by atoms with van der Waals surface area (Å²) in [7, 11) is 6.82. The number of rotatable bonds is 7. The molecule has 0 fully saturated rings. The van der Waals surface area contributed by atoms with E-state index in [1.165, 1.54) is 11.0 Å². The van der Waals surface area contributed by atoms with Gasteiger partial charge in [0, 0.05) is 0 Å². The van der Waals surface area contributed by atoms with Gasteiger partial charge in [0.15, 0.2) is 0 Å². The van der Waals surface area contributed by atoms with Gasteiger partial charge in [-0.15, -0.1) is 0 Å². The number of hydrogen-bond acceptors (Lipinski definition) is 2. The van der Waals surface area contributed by atoms with E-state index in [0.717, 1.165) is 30.1 Å². The van der Waals surface area contributed by atoms with Crippen molar-refractivity contribution in [3.05, 3.63) is 35.0 Å². The van der Waals surface area contributed by atoms with E-state index in [2.05, 4.69) is 6.92 Å². The Morgan fingerprint density at radius 3 is 2.67 bits per heavy atom. The van der Waals surface area contributed by atoms with Gasteiger partial charge in [-0.05, 0) is 65.1 Å². The molecule has 0 atom stereocenters. The summed E-state index contributed by atoms with van der Waals surface area (Å²) in [5, 5.41) is 0. The van der Waals surface area contributed by atoms with Crippen molar-refractivity contribution in [2.75, 3.05) is 6.61 Å². The quantitative estimate of drug-likeness (QED) is 0.353. The van der Waals surface area contributed by atoms with E-state index in [4.69, 9.17) is 15.4 Å². The van der Waals surface area contributed by atoms with Crippen molar-refractivity contribution in [2.24, 2.45) is 0 Å². The van der Waals surface area contributed by atoms with Crippen LogP contribution in [-0.2, 0) is 4.74 Å². The van der Waals surface area contributed by atoms with Crippen molar-refractivity contribution in [1.82, 2.24) is 0 Å². The van der Waals surface area contributed by atoms with Crippen LogP contribution in [-0.4, -0.2) is 6.61 Å². The topological polar surface area (TPSA) is 9.23 Å². The van der Waals surface area contributed by atoms with E-state index < -0.39 is 0 Å². The van der Waals surface area contributed by atoms with Crippen LogP contribution < -0.4 is 0 Å². The van der Waals surface area contributed by atoms with Crippen LogP contribution in [0.4, 0.5) is 0 Å². The molecule has 0 aromatic rings. The second-order valence-corrected chi connectivity index (χ2v) is 4.39. The molecule has 1 nitrogen and oxygen atoms in total. The summed E-state index contributed by atoms with van der Waals surface area (Å²) in [5.74, 6) is 0.885. The molecule has 0 bridgehead atoms. The van der Waals surface area contributed by atoms with E-state index in [-0.39, 0.29) is 0 Å². The number of halogens is 1. The molecule has 3 heteroatoms. The normalized spacial score (nSPS) is 13.6. The smallest absolute Gasteiger partial charge is 0.118 e. The fourth-order valence-corrected chi connectivity index (χ4v) is 1.15. The van der Waals surface area contributed by atoms with Gasteiger partial charge in [0.2, 0.25) is 0 Å². The zero-order chi connectivity index (χ0) is 11.5. The van der Waals surface area contributed by atoms with Crippen molar-refractivity contribution >= 4 is 21.7 Å². The molecule has 0 N–H and O–H groups in total. The Bertz CT molecular complexity index is 244. The molecule has 15 heavy (non-hydrogen) atoms. The molecule has 0 aliphatic carbocycles. The van der Waals surface area contributed by atoms with Gasteiger partial charge in [0.25, 0.3) is 0 Å². The van der Waals surface area contributed by atoms with Gasteiger partial charge in [0.05, 0.1) is 6.61 Å². The zero-order valence-corrected chi connectivity index (χ0v) is 11.2. The van der Waals surface area contributed by atoms with Crippen LogP contribution in [0, 0.1) is 0 Å². The average Bonchev–Trinajstić information content (AvgIpc) is 2.25. The highest BCUT2D eigenvalue weighted by atomic mass is 35.7. The lowest BCUT2D eigenvalue weighted by Gasteiger charge is -2.05. The fraction of sp³-hybridized carbons (Fsp3) is 0.500. The van der Waals surface area contributed by atoms with Crippen LogP contribution in [0.15, 0.2) is 35.0 Å². The van der Waals surface area contributed by atoms with Crippen LogP contribution >= 0.6 is 21.7 Å². The fourth-order valence-electron chi connectivity index (χ4n) is 0.876. The van der Waals surface area contributed by atoms with Crippen LogP contribution in [0.1, 0.15) is 33.6 Å². The third-order valence-corrected chi connectivity index (χ3v) is 2.81. The molecule has 0 aromatic heterocycles. The largest absolute Gasteiger partial charge is 0.494 e. The van der Waals surface area contributed by atoms with E-state index in [0.29, 0.717) is 0 Å². The number of hydrogen-bond donors (Lipinski definition) is 0. The van der Waals surface area contributed by atoms with Gasteiger partial charge in [-0.25, -0.2) is 0 Å². The molecule has 0 aliphatic rings. The van der Waals surface area contributed by atoms with Gasteiger partial charge in [0.1, 0.15) is 5.76 Å². The molecular weight excluding hydrogens is 228 g/mol. The number of allylic oxidation sites excluding steroid dienone is 5. The standard InChI is InChI=1S/C12H19ClOS/c1-4-6-10-14-12(7-5-2)9-8-11(3)15-13/h5,7-9H,4,6,10H2,1-3H3/b7-5-,11-8+,12-9+. The Hall–Kier alpha value is -0.340. The molecule has 0 spiro atoms. The second kappa shape index (κ2) is 10.2. The van der Waals surface area contributed by atoms with E-state index in [1.54, 1.807) is 0 Å². The molecule has 0 radical (unpaired) electrons. The summed E-state index contributed by atoms with van der Waals surface area (Å²) in [6.07, 6.45) is 10.1. The molecule has 86 valence electrons. The SMILES string of the molecule is C\C=C/C(=C\C=C(/C)SCl)OCCCC. The molecule has 0 saturated heterocycles. The lowest BCUT2D eigenvalue weighted by Crippen LogP contribution is -1.92. The monoisotopic (exact) mass is 246 g/mol. The number of unbranched alkanes of at least 4 members (excludes halogenated alkanes) is 1. The van der Waals surface area contributed by atoms with Crippen LogP contribution in [0.25, 0.3) is 0 Å². The van der Waals surface area contributed by atoms with E-state index in [9.17, 15) is 0 Å². The molecule has 0 aromatic carbocycles. The molecule has 0 rings (SSSR count). The third-order valence-electron chi connectivity index (χ3n) is 1.70. The summed E-state index contributed by atoms with van der Waals surface area (Å²) >= 11 is 0. The van der Waals surface area contributed by atoms with E-state index >= 15 is 0 Å². The van der Waals surface area contributed by atoms with Gasteiger partial charge in [-0.2, -0.15) is 0 Å². The lowest BCUT2D eigenvalue weighted by atomic mass is 10.3. The molecule has 0 saturated carbocycles. The average molecular weight is 247 g/mol. The third kappa shape index (κ3) is 8.64. The Morgan fingerprint density at radius 2 is 2.13 bits per heavy atom. The molecule has 0 heterocycles. The maximum atomic E-state index is 5.60. The zero-order valence-electron chi connectivity index (χ0n) is 9.63. The Kier molecular flexibility index (Phi) is 9.96. The molecule has 0 amide bonds. The first-order valence-electron chi connectivity index (χ1n) is 5.17. The Morgan fingerprint density at radius 1 is 1.40 bits per heavy atom. The van der Waals surface area contributed by atoms with Crippen molar-refractivity contribution < 1.29 is 4.74 Å². The van der Waals surface area contributed by atoms with Gasteiger partial charge < -0.3 is 4.74 Å². The maximum absolute atomic E-state index is 5.60. The molecular formula is C12H19ClOS.